The maximum Gasteiger partial charge on any atom is 0.247 e. The molecule has 2 heterocycles. The van der Waals surface area contributed by atoms with Crippen molar-refractivity contribution in [1.82, 2.24) is 14.6 Å². The molecule has 0 aromatic carbocycles. The molecular formula is C11H16N4O3S. The van der Waals surface area contributed by atoms with Gasteiger partial charge in [0.1, 0.15) is 10.7 Å². The third kappa shape index (κ3) is 2.85. The first-order chi connectivity index (χ1) is 9.05. The lowest BCUT2D eigenvalue weighted by molar-refractivity contribution is -0.122. The molecule has 1 aromatic heterocycles. The second kappa shape index (κ2) is 5.54. The predicted molar refractivity (Wildman–Crippen MR) is 70.2 cm³/mol. The number of carbonyl (C=O) groups excluding carboxylic acids is 1. The van der Waals surface area contributed by atoms with Crippen molar-refractivity contribution in [2.75, 3.05) is 31.5 Å². The van der Waals surface area contributed by atoms with Crippen LogP contribution < -0.4 is 10.6 Å². The fraction of sp³-hybridized carbons (Fsp3) is 0.455. The van der Waals surface area contributed by atoms with E-state index in [4.69, 9.17) is 0 Å². The van der Waals surface area contributed by atoms with Crippen molar-refractivity contribution in [3.05, 3.63) is 18.3 Å². The maximum absolute atomic E-state index is 12.5. The Morgan fingerprint density at radius 3 is 3.00 bits per heavy atom. The summed E-state index contributed by atoms with van der Waals surface area (Å²) in [6, 6.07) is 3.06. The van der Waals surface area contributed by atoms with Crippen LogP contribution >= 0.6 is 0 Å². The predicted octanol–water partition coefficient (Wildman–Crippen LogP) is -0.366. The van der Waals surface area contributed by atoms with Gasteiger partial charge in [-0.25, -0.2) is 13.4 Å². The summed E-state index contributed by atoms with van der Waals surface area (Å²) in [5.74, 6) is 0.0275. The molecule has 104 valence electrons. The minimum absolute atomic E-state index is 0.103. The Kier molecular flexibility index (Phi) is 4.01. The SMILES string of the molecule is CCNc1ncccc1S(=O)(=O)N1CCNC(=O)C1. The zero-order valence-corrected chi connectivity index (χ0v) is 11.4. The first-order valence-electron chi connectivity index (χ1n) is 6.01. The number of anilines is 1. The Morgan fingerprint density at radius 1 is 1.53 bits per heavy atom. The number of rotatable bonds is 4. The minimum Gasteiger partial charge on any atom is -0.369 e. The highest BCUT2D eigenvalue weighted by Crippen LogP contribution is 2.22. The third-order valence-electron chi connectivity index (χ3n) is 2.74. The van der Waals surface area contributed by atoms with E-state index in [0.717, 1.165) is 0 Å². The van der Waals surface area contributed by atoms with Gasteiger partial charge in [0.2, 0.25) is 15.9 Å². The summed E-state index contributed by atoms with van der Waals surface area (Å²) in [7, 11) is -3.70. The Labute approximate surface area is 112 Å². The summed E-state index contributed by atoms with van der Waals surface area (Å²) in [4.78, 5) is 15.4. The van der Waals surface area contributed by atoms with Crippen LogP contribution in [0.15, 0.2) is 23.2 Å². The number of sulfonamides is 1. The van der Waals surface area contributed by atoms with E-state index < -0.39 is 10.0 Å². The number of amides is 1. The molecule has 2 N–H and O–H groups in total. The van der Waals surface area contributed by atoms with Gasteiger partial charge in [-0.05, 0) is 19.1 Å². The van der Waals surface area contributed by atoms with E-state index >= 15 is 0 Å². The van der Waals surface area contributed by atoms with Crippen LogP contribution in [-0.4, -0.2) is 49.8 Å². The average Bonchev–Trinajstić information content (AvgIpc) is 2.39. The topological polar surface area (TPSA) is 91.4 Å². The molecule has 1 fully saturated rings. The molecule has 2 rings (SSSR count). The van der Waals surface area contributed by atoms with Gasteiger partial charge in [-0.15, -0.1) is 0 Å². The normalized spacial score (nSPS) is 17.0. The molecule has 0 spiro atoms. The van der Waals surface area contributed by atoms with Crippen LogP contribution in [0.2, 0.25) is 0 Å². The lowest BCUT2D eigenvalue weighted by Crippen LogP contribution is -2.49. The monoisotopic (exact) mass is 284 g/mol. The molecule has 0 unspecified atom stereocenters. The van der Waals surface area contributed by atoms with Gasteiger partial charge in [0, 0.05) is 25.8 Å². The van der Waals surface area contributed by atoms with Crippen molar-refractivity contribution in [1.29, 1.82) is 0 Å². The van der Waals surface area contributed by atoms with Gasteiger partial charge in [-0.1, -0.05) is 0 Å². The second-order valence-electron chi connectivity index (χ2n) is 4.07. The summed E-state index contributed by atoms with van der Waals surface area (Å²) in [5, 5.41) is 5.51. The van der Waals surface area contributed by atoms with E-state index in [2.05, 4.69) is 15.6 Å². The van der Waals surface area contributed by atoms with E-state index in [1.807, 2.05) is 6.92 Å². The third-order valence-corrected chi connectivity index (χ3v) is 4.61. The van der Waals surface area contributed by atoms with Crippen molar-refractivity contribution < 1.29 is 13.2 Å². The van der Waals surface area contributed by atoms with Crippen molar-refractivity contribution in [3.8, 4) is 0 Å². The van der Waals surface area contributed by atoms with Gasteiger partial charge < -0.3 is 10.6 Å². The molecule has 0 saturated carbocycles. The lowest BCUT2D eigenvalue weighted by atomic mass is 10.4. The number of pyridine rings is 1. The smallest absolute Gasteiger partial charge is 0.247 e. The van der Waals surface area contributed by atoms with Gasteiger partial charge in [0.15, 0.2) is 0 Å². The molecular weight excluding hydrogens is 268 g/mol. The van der Waals surface area contributed by atoms with Crippen molar-refractivity contribution in [2.24, 2.45) is 0 Å². The van der Waals surface area contributed by atoms with Crippen LogP contribution in [-0.2, 0) is 14.8 Å². The van der Waals surface area contributed by atoms with Gasteiger partial charge >= 0.3 is 0 Å². The standard InChI is InChI=1S/C11H16N4O3S/c1-2-12-11-9(4-3-5-14-11)19(17,18)15-7-6-13-10(16)8-15/h3-5H,2,6-8H2,1H3,(H,12,14)(H,13,16). The second-order valence-corrected chi connectivity index (χ2v) is 5.98. The van der Waals surface area contributed by atoms with Crippen molar-refractivity contribution in [2.45, 2.75) is 11.8 Å². The van der Waals surface area contributed by atoms with Crippen LogP contribution in [0.5, 0.6) is 0 Å². The average molecular weight is 284 g/mol. The molecule has 7 nitrogen and oxygen atoms in total. The van der Waals surface area contributed by atoms with E-state index in [1.54, 1.807) is 6.07 Å². The molecule has 19 heavy (non-hydrogen) atoms. The van der Waals surface area contributed by atoms with Crippen molar-refractivity contribution in [3.63, 3.8) is 0 Å². The van der Waals surface area contributed by atoms with Gasteiger partial charge in [0.05, 0.1) is 6.54 Å². The first kappa shape index (κ1) is 13.8. The first-order valence-corrected chi connectivity index (χ1v) is 7.45. The number of hydrogen-bond donors (Lipinski definition) is 2. The van der Waals surface area contributed by atoms with Crippen LogP contribution in [0.25, 0.3) is 0 Å². The minimum atomic E-state index is -3.70. The molecule has 1 amide bonds. The number of carbonyl (C=O) groups is 1. The van der Waals surface area contributed by atoms with Crippen LogP contribution in [0.1, 0.15) is 6.92 Å². The molecule has 0 aliphatic carbocycles. The summed E-state index contributed by atoms with van der Waals surface area (Å²) in [5.41, 5.74) is 0. The van der Waals surface area contributed by atoms with Gasteiger partial charge in [-0.3, -0.25) is 4.79 Å². The number of piperazine rings is 1. The van der Waals surface area contributed by atoms with E-state index in [1.165, 1.54) is 16.6 Å². The van der Waals surface area contributed by atoms with Gasteiger partial charge in [-0.2, -0.15) is 4.31 Å². The van der Waals surface area contributed by atoms with E-state index in [9.17, 15) is 13.2 Å². The zero-order chi connectivity index (χ0) is 13.9. The Bertz CT molecular complexity index is 573. The molecule has 1 aliphatic heterocycles. The quantitative estimate of drug-likeness (QED) is 0.787. The fourth-order valence-electron chi connectivity index (χ4n) is 1.86. The van der Waals surface area contributed by atoms with Crippen LogP contribution in [0, 0.1) is 0 Å². The Balaban J connectivity index is 2.36. The highest BCUT2D eigenvalue weighted by Gasteiger charge is 2.31. The van der Waals surface area contributed by atoms with Crippen LogP contribution in [0.4, 0.5) is 5.82 Å². The molecule has 8 heteroatoms. The molecule has 1 aliphatic rings. The van der Waals surface area contributed by atoms with E-state index in [-0.39, 0.29) is 23.9 Å². The fourth-order valence-corrected chi connectivity index (χ4v) is 3.38. The van der Waals surface area contributed by atoms with Crippen molar-refractivity contribution >= 4 is 21.7 Å². The molecule has 0 bridgehead atoms. The molecule has 1 aromatic rings. The maximum atomic E-state index is 12.5. The number of nitrogens with one attached hydrogen (secondary N) is 2. The highest BCUT2D eigenvalue weighted by molar-refractivity contribution is 7.89. The van der Waals surface area contributed by atoms with Crippen LogP contribution in [0.3, 0.4) is 0 Å². The zero-order valence-electron chi connectivity index (χ0n) is 10.6. The molecule has 1 saturated heterocycles. The lowest BCUT2D eigenvalue weighted by Gasteiger charge is -2.26. The summed E-state index contributed by atoms with van der Waals surface area (Å²) < 4.78 is 26.2. The molecule has 0 radical (unpaired) electrons. The number of hydrogen-bond acceptors (Lipinski definition) is 5. The number of nitrogens with zero attached hydrogens (tertiary/aromatic N) is 2. The summed E-state index contributed by atoms with van der Waals surface area (Å²) >= 11 is 0. The summed E-state index contributed by atoms with van der Waals surface area (Å²) in [6.07, 6.45) is 1.53. The summed E-state index contributed by atoms with van der Waals surface area (Å²) in [6.45, 7) is 2.88. The Hall–Kier alpha value is -1.67. The molecule has 0 atom stereocenters. The largest absolute Gasteiger partial charge is 0.369 e. The van der Waals surface area contributed by atoms with E-state index in [0.29, 0.717) is 18.9 Å². The number of aromatic nitrogens is 1. The van der Waals surface area contributed by atoms with Gasteiger partial charge in [0.25, 0.3) is 0 Å². The Morgan fingerprint density at radius 2 is 2.32 bits per heavy atom. The highest BCUT2D eigenvalue weighted by atomic mass is 32.2.